The van der Waals surface area contributed by atoms with Crippen LogP contribution < -0.4 is 0 Å². The molecule has 154 valence electrons. The molecule has 0 radical (unpaired) electrons. The van der Waals surface area contributed by atoms with Gasteiger partial charge in [0.15, 0.2) is 0 Å². The van der Waals surface area contributed by atoms with Crippen LogP contribution in [0.4, 0.5) is 0 Å². The lowest BCUT2D eigenvalue weighted by atomic mass is 9.62. The van der Waals surface area contributed by atoms with Gasteiger partial charge in [-0.2, -0.15) is 0 Å². The lowest BCUT2D eigenvalue weighted by Crippen LogP contribution is -2.34. The third-order valence-electron chi connectivity index (χ3n) is 6.29. The first-order valence-electron chi connectivity index (χ1n) is 10.5. The van der Waals surface area contributed by atoms with E-state index in [-0.39, 0.29) is 16.8 Å². The van der Waals surface area contributed by atoms with Gasteiger partial charge in [0, 0.05) is 12.3 Å². The van der Waals surface area contributed by atoms with Crippen molar-refractivity contribution in [3.8, 4) is 11.1 Å². The molecule has 3 nitrogen and oxygen atoms in total. The predicted octanol–water partition coefficient (Wildman–Crippen LogP) is 6.29. The van der Waals surface area contributed by atoms with Gasteiger partial charge >= 0.3 is 5.97 Å². The molecule has 0 fully saturated rings. The Bertz CT molecular complexity index is 967. The third kappa shape index (κ3) is 4.29. The summed E-state index contributed by atoms with van der Waals surface area (Å²) >= 11 is 0. The number of carbonyl (C=O) groups is 1. The summed E-state index contributed by atoms with van der Waals surface area (Å²) in [5, 5.41) is 0. The molecule has 2 aromatic rings. The minimum Gasteiger partial charge on any atom is -0.463 e. The zero-order valence-corrected chi connectivity index (χ0v) is 18.8. The Morgan fingerprint density at radius 3 is 2.21 bits per heavy atom. The van der Waals surface area contributed by atoms with Gasteiger partial charge in [-0.15, -0.1) is 0 Å². The van der Waals surface area contributed by atoms with Gasteiger partial charge in [0.25, 0.3) is 0 Å². The van der Waals surface area contributed by atoms with E-state index in [0.717, 1.165) is 11.3 Å². The molecule has 0 atom stereocenters. The summed E-state index contributed by atoms with van der Waals surface area (Å²) in [7, 11) is 0. The van der Waals surface area contributed by atoms with Crippen LogP contribution in [-0.4, -0.2) is 17.6 Å². The van der Waals surface area contributed by atoms with Crippen molar-refractivity contribution in [2.24, 2.45) is 0 Å². The van der Waals surface area contributed by atoms with Gasteiger partial charge in [-0.05, 0) is 90.0 Å². The molecule has 1 aliphatic rings. The lowest BCUT2D eigenvalue weighted by molar-refractivity contribution is -0.137. The van der Waals surface area contributed by atoms with Gasteiger partial charge in [-0.25, -0.2) is 4.79 Å². The van der Waals surface area contributed by atoms with Crippen LogP contribution in [0.15, 0.2) is 30.5 Å². The SMILES string of the molecule is CCOC(=O)C=Cc1cc(-c2cc3c(cc2C)C(C)(C)CCC3(C)C)c(C)cn1. The number of hydrogen-bond acceptors (Lipinski definition) is 3. The first-order valence-corrected chi connectivity index (χ1v) is 10.5. The Labute approximate surface area is 175 Å². The minimum atomic E-state index is -0.342. The van der Waals surface area contributed by atoms with Crippen LogP contribution in [-0.2, 0) is 20.4 Å². The number of rotatable bonds is 4. The molecule has 0 amide bonds. The average Bonchev–Trinajstić information content (AvgIpc) is 2.65. The van der Waals surface area contributed by atoms with E-state index in [1.807, 2.05) is 6.20 Å². The van der Waals surface area contributed by atoms with Crippen LogP contribution in [0, 0.1) is 13.8 Å². The predicted molar refractivity (Wildman–Crippen MR) is 120 cm³/mol. The topological polar surface area (TPSA) is 39.2 Å². The lowest BCUT2D eigenvalue weighted by Gasteiger charge is -2.42. The van der Waals surface area contributed by atoms with Gasteiger partial charge in [-0.1, -0.05) is 39.8 Å². The second kappa shape index (κ2) is 7.78. The van der Waals surface area contributed by atoms with Gasteiger partial charge in [0.05, 0.1) is 12.3 Å². The molecule has 0 unspecified atom stereocenters. The van der Waals surface area contributed by atoms with Crippen molar-refractivity contribution in [1.82, 2.24) is 4.98 Å². The molecule has 1 aliphatic carbocycles. The first-order chi connectivity index (χ1) is 13.5. The number of aromatic nitrogens is 1. The van der Waals surface area contributed by atoms with E-state index in [4.69, 9.17) is 4.74 Å². The first kappa shape index (κ1) is 21.3. The minimum absolute atomic E-state index is 0.168. The van der Waals surface area contributed by atoms with Crippen molar-refractivity contribution in [3.63, 3.8) is 0 Å². The average molecular weight is 392 g/mol. The Morgan fingerprint density at radius 2 is 1.59 bits per heavy atom. The van der Waals surface area contributed by atoms with Crippen molar-refractivity contribution in [3.05, 3.63) is 58.4 Å². The van der Waals surface area contributed by atoms with Crippen molar-refractivity contribution in [1.29, 1.82) is 0 Å². The maximum atomic E-state index is 11.6. The number of nitrogens with zero attached hydrogens (tertiary/aromatic N) is 1. The van der Waals surface area contributed by atoms with Gasteiger partial charge < -0.3 is 4.74 Å². The fourth-order valence-corrected chi connectivity index (χ4v) is 4.28. The van der Waals surface area contributed by atoms with E-state index in [1.165, 1.54) is 46.7 Å². The van der Waals surface area contributed by atoms with Crippen LogP contribution in [0.5, 0.6) is 0 Å². The fraction of sp³-hybridized carbons (Fsp3) is 0.462. The highest BCUT2D eigenvalue weighted by Gasteiger charge is 2.37. The molecule has 0 aliphatic heterocycles. The second-order valence-electron chi connectivity index (χ2n) is 9.49. The highest BCUT2D eigenvalue weighted by molar-refractivity contribution is 5.87. The van der Waals surface area contributed by atoms with Crippen LogP contribution in [0.3, 0.4) is 0 Å². The van der Waals surface area contributed by atoms with Crippen LogP contribution in [0.1, 0.15) is 75.4 Å². The Morgan fingerprint density at radius 1 is 1.00 bits per heavy atom. The molecule has 0 bridgehead atoms. The van der Waals surface area contributed by atoms with Crippen LogP contribution in [0.2, 0.25) is 0 Å². The monoisotopic (exact) mass is 391 g/mol. The van der Waals surface area contributed by atoms with Crippen molar-refractivity contribution in [2.45, 2.75) is 72.1 Å². The normalized spacial score (nSPS) is 17.2. The molecule has 3 rings (SSSR count). The van der Waals surface area contributed by atoms with Gasteiger partial charge in [0.2, 0.25) is 0 Å². The van der Waals surface area contributed by atoms with E-state index < -0.39 is 0 Å². The molecule has 1 aromatic carbocycles. The molecule has 1 aromatic heterocycles. The molecule has 1 heterocycles. The third-order valence-corrected chi connectivity index (χ3v) is 6.29. The largest absolute Gasteiger partial charge is 0.463 e. The van der Waals surface area contributed by atoms with Gasteiger partial charge in [-0.3, -0.25) is 4.98 Å². The highest BCUT2D eigenvalue weighted by Crippen LogP contribution is 2.47. The molecular weight excluding hydrogens is 358 g/mol. The number of pyridine rings is 1. The zero-order valence-electron chi connectivity index (χ0n) is 18.8. The quantitative estimate of drug-likeness (QED) is 0.454. The molecule has 3 heteroatoms. The van der Waals surface area contributed by atoms with E-state index in [0.29, 0.717) is 6.61 Å². The van der Waals surface area contributed by atoms with Crippen molar-refractivity contribution < 1.29 is 9.53 Å². The smallest absolute Gasteiger partial charge is 0.330 e. The molecular formula is C26H33NO2. The summed E-state index contributed by atoms with van der Waals surface area (Å²) < 4.78 is 4.97. The standard InChI is InChI=1S/C26H33NO2/c1-8-29-24(28)10-9-19-14-20(18(3)16-27-19)21-15-23-22(13-17(21)2)25(4,5)11-12-26(23,6)7/h9-10,13-16H,8,11-12H2,1-7H3. The highest BCUT2D eigenvalue weighted by atomic mass is 16.5. The zero-order chi connectivity index (χ0) is 21.4. The summed E-state index contributed by atoms with van der Waals surface area (Å²) in [6.07, 6.45) is 7.45. The number of aryl methyl sites for hydroxylation is 2. The number of fused-ring (bicyclic) bond motifs is 1. The van der Waals surface area contributed by atoms with Crippen molar-refractivity contribution >= 4 is 12.0 Å². The number of ether oxygens (including phenoxy) is 1. The Hall–Kier alpha value is -2.42. The van der Waals surface area contributed by atoms with Crippen LogP contribution >= 0.6 is 0 Å². The fourth-order valence-electron chi connectivity index (χ4n) is 4.28. The maximum Gasteiger partial charge on any atom is 0.330 e. The summed E-state index contributed by atoms with van der Waals surface area (Å²) in [6.45, 7) is 15.9. The molecule has 0 saturated heterocycles. The van der Waals surface area contributed by atoms with Gasteiger partial charge in [0.1, 0.15) is 0 Å². The number of hydrogen-bond donors (Lipinski definition) is 0. The Balaban J connectivity index is 2.10. The summed E-state index contributed by atoms with van der Waals surface area (Å²) in [6, 6.07) is 6.85. The molecule has 29 heavy (non-hydrogen) atoms. The summed E-state index contributed by atoms with van der Waals surface area (Å²) in [4.78, 5) is 16.1. The van der Waals surface area contributed by atoms with E-state index >= 15 is 0 Å². The van der Waals surface area contributed by atoms with E-state index in [2.05, 4.69) is 64.7 Å². The number of carbonyl (C=O) groups excluding carboxylic acids is 1. The molecule has 0 saturated carbocycles. The Kier molecular flexibility index (Phi) is 5.71. The molecule has 0 spiro atoms. The maximum absolute atomic E-state index is 11.6. The summed E-state index contributed by atoms with van der Waals surface area (Å²) in [5.41, 5.74) is 8.89. The molecule has 0 N–H and O–H groups in total. The number of benzene rings is 1. The number of esters is 1. The van der Waals surface area contributed by atoms with Crippen LogP contribution in [0.25, 0.3) is 17.2 Å². The van der Waals surface area contributed by atoms with E-state index in [9.17, 15) is 4.79 Å². The summed E-state index contributed by atoms with van der Waals surface area (Å²) in [5.74, 6) is -0.342. The second-order valence-corrected chi connectivity index (χ2v) is 9.49. The van der Waals surface area contributed by atoms with E-state index in [1.54, 1.807) is 13.0 Å². The van der Waals surface area contributed by atoms with Crippen molar-refractivity contribution in [2.75, 3.05) is 6.61 Å².